The molecule has 1 spiro atoms. The van der Waals surface area contributed by atoms with Crippen LogP contribution in [0.4, 0.5) is 10.2 Å². The Labute approximate surface area is 261 Å². The van der Waals surface area contributed by atoms with Gasteiger partial charge in [-0.05, 0) is 102 Å². The van der Waals surface area contributed by atoms with E-state index in [1.807, 2.05) is 20.8 Å². The minimum atomic E-state index is -3.21. The van der Waals surface area contributed by atoms with E-state index < -0.39 is 15.8 Å². The maximum atomic E-state index is 14.3. The first-order valence-electron chi connectivity index (χ1n) is 16.1. The lowest BCUT2D eigenvalue weighted by Crippen LogP contribution is -2.51. The predicted octanol–water partition coefficient (Wildman–Crippen LogP) is 4.68. The second-order valence-electron chi connectivity index (χ2n) is 12.9. The molecule has 3 heterocycles. The molecule has 0 bridgehead atoms. The van der Waals surface area contributed by atoms with Crippen molar-refractivity contribution in [1.29, 1.82) is 0 Å². The number of likely N-dealkylation sites (tertiary alicyclic amines) is 1. The van der Waals surface area contributed by atoms with Crippen LogP contribution in [-0.2, 0) is 10.0 Å². The summed E-state index contributed by atoms with van der Waals surface area (Å²) in [6.07, 6.45) is 9.28. The molecule has 3 aliphatic rings. The second-order valence-corrected chi connectivity index (χ2v) is 14.9. The quantitative estimate of drug-likeness (QED) is 0.382. The molecule has 2 aromatic rings. The van der Waals surface area contributed by atoms with Gasteiger partial charge in [0, 0.05) is 38.3 Å². The summed E-state index contributed by atoms with van der Waals surface area (Å²) >= 11 is 0. The van der Waals surface area contributed by atoms with Crippen LogP contribution in [-0.4, -0.2) is 91.2 Å². The van der Waals surface area contributed by atoms with Crippen molar-refractivity contribution in [2.75, 3.05) is 49.9 Å². The molecule has 1 aromatic carbocycles. The fourth-order valence-corrected chi connectivity index (χ4v) is 8.30. The zero-order chi connectivity index (χ0) is 31.5. The van der Waals surface area contributed by atoms with Crippen LogP contribution in [0.5, 0.6) is 11.5 Å². The third kappa shape index (κ3) is 7.18. The van der Waals surface area contributed by atoms with Crippen molar-refractivity contribution in [1.82, 2.24) is 24.5 Å². The number of nitrogens with zero attached hydrogens (tertiary/aromatic N) is 5. The van der Waals surface area contributed by atoms with Gasteiger partial charge < -0.3 is 19.4 Å². The van der Waals surface area contributed by atoms with E-state index in [4.69, 9.17) is 4.74 Å². The Morgan fingerprint density at radius 1 is 1.16 bits per heavy atom. The van der Waals surface area contributed by atoms with Crippen molar-refractivity contribution >= 4 is 21.7 Å². The Morgan fingerprint density at radius 3 is 2.64 bits per heavy atom. The van der Waals surface area contributed by atoms with E-state index in [0.29, 0.717) is 24.0 Å². The van der Waals surface area contributed by atoms with E-state index in [1.165, 1.54) is 24.5 Å². The Kier molecular flexibility index (Phi) is 10.1. The lowest BCUT2D eigenvalue weighted by molar-refractivity contribution is 0.0713. The highest BCUT2D eigenvalue weighted by Gasteiger charge is 2.46. The minimum absolute atomic E-state index is 0.0420. The number of carbonyl (C=O) groups excluding carboxylic acids is 1. The summed E-state index contributed by atoms with van der Waals surface area (Å²) in [6, 6.07) is 4.03. The maximum Gasteiger partial charge on any atom is 0.257 e. The molecule has 1 aliphatic carbocycles. The van der Waals surface area contributed by atoms with Crippen molar-refractivity contribution in [2.45, 2.75) is 78.3 Å². The molecule has 5 rings (SSSR count). The van der Waals surface area contributed by atoms with Gasteiger partial charge in [-0.15, -0.1) is 0 Å². The lowest BCUT2D eigenvalue weighted by Gasteiger charge is -2.44. The molecule has 44 heavy (non-hydrogen) atoms. The molecule has 2 saturated heterocycles. The van der Waals surface area contributed by atoms with E-state index in [2.05, 4.69) is 24.5 Å². The summed E-state index contributed by atoms with van der Waals surface area (Å²) in [5.74, 6) is 1.17. The van der Waals surface area contributed by atoms with Crippen molar-refractivity contribution in [3.05, 3.63) is 42.1 Å². The molecule has 2 aliphatic heterocycles. The molecular formula is C32H47FN6O4S. The molecule has 1 amide bonds. The largest absolute Gasteiger partial charge is 0.451 e. The first-order chi connectivity index (χ1) is 21.0. The Bertz CT molecular complexity index is 1420. The van der Waals surface area contributed by atoms with Crippen LogP contribution in [0.25, 0.3) is 0 Å². The summed E-state index contributed by atoms with van der Waals surface area (Å²) < 4.78 is 48.1. The van der Waals surface area contributed by atoms with E-state index in [0.717, 1.165) is 71.2 Å². The average molecular weight is 631 g/mol. The minimum Gasteiger partial charge on any atom is -0.451 e. The van der Waals surface area contributed by atoms with Gasteiger partial charge in [-0.2, -0.15) is 0 Å². The van der Waals surface area contributed by atoms with E-state index in [1.54, 1.807) is 18.0 Å². The predicted molar refractivity (Wildman–Crippen MR) is 169 cm³/mol. The second kappa shape index (κ2) is 13.7. The molecule has 0 unspecified atom stereocenters. The molecule has 10 nitrogen and oxygen atoms in total. The van der Waals surface area contributed by atoms with Crippen molar-refractivity contribution in [3.8, 4) is 11.5 Å². The first-order valence-corrected chi connectivity index (χ1v) is 17.7. The number of hydrogen-bond donors (Lipinski definition) is 1. The highest BCUT2D eigenvalue weighted by Crippen LogP contribution is 2.47. The molecular weight excluding hydrogens is 583 g/mol. The number of nitrogens with one attached hydrogen (secondary N) is 1. The van der Waals surface area contributed by atoms with Gasteiger partial charge in [0.25, 0.3) is 5.91 Å². The highest BCUT2D eigenvalue weighted by atomic mass is 32.2. The number of rotatable bonds is 11. The first kappa shape index (κ1) is 32.6. The fourth-order valence-electron chi connectivity index (χ4n) is 7.34. The molecule has 242 valence electrons. The van der Waals surface area contributed by atoms with Crippen LogP contribution in [0.2, 0.25) is 0 Å². The number of hydrogen-bond acceptors (Lipinski definition) is 8. The monoisotopic (exact) mass is 630 g/mol. The van der Waals surface area contributed by atoms with Gasteiger partial charge >= 0.3 is 0 Å². The third-order valence-corrected chi connectivity index (χ3v) is 11.2. The SMILES string of the molecule is CCN(C(=O)c1cc(F)ccc1Oc1cncnc1N1CC[C@@H](CN2CCC3(CCC[C@@H]3NS(=O)(=O)CC)CC2)C1)C(C)C. The summed E-state index contributed by atoms with van der Waals surface area (Å²) in [5, 5.41) is 0. The average Bonchev–Trinajstić information content (AvgIpc) is 3.62. The number of carbonyl (C=O) groups is 1. The molecule has 0 radical (unpaired) electrons. The summed E-state index contributed by atoms with van der Waals surface area (Å²) in [4.78, 5) is 28.5. The number of aromatic nitrogens is 2. The van der Waals surface area contributed by atoms with Crippen LogP contribution in [0.3, 0.4) is 0 Å². The normalized spacial score (nSPS) is 22.2. The van der Waals surface area contributed by atoms with Crippen molar-refractivity contribution in [2.24, 2.45) is 11.3 Å². The Hall–Kier alpha value is -2.83. The number of amides is 1. The van der Waals surface area contributed by atoms with Gasteiger partial charge in [0.2, 0.25) is 10.0 Å². The zero-order valence-electron chi connectivity index (χ0n) is 26.5. The molecule has 1 N–H and O–H groups in total. The van der Waals surface area contributed by atoms with Gasteiger partial charge in [0.15, 0.2) is 11.6 Å². The van der Waals surface area contributed by atoms with Gasteiger partial charge in [0.1, 0.15) is 17.9 Å². The van der Waals surface area contributed by atoms with Crippen LogP contribution >= 0.6 is 0 Å². The molecule has 1 aromatic heterocycles. The van der Waals surface area contributed by atoms with Gasteiger partial charge in [-0.25, -0.2) is 27.5 Å². The Balaban J connectivity index is 1.22. The molecule has 3 fully saturated rings. The third-order valence-electron chi connectivity index (χ3n) is 9.84. The van der Waals surface area contributed by atoms with Crippen LogP contribution < -0.4 is 14.4 Å². The number of ether oxygens (including phenoxy) is 1. The summed E-state index contributed by atoms with van der Waals surface area (Å²) in [7, 11) is -3.21. The summed E-state index contributed by atoms with van der Waals surface area (Å²) in [6.45, 7) is 12.5. The van der Waals surface area contributed by atoms with E-state index in [9.17, 15) is 17.6 Å². The van der Waals surface area contributed by atoms with Crippen LogP contribution in [0.1, 0.15) is 76.6 Å². The van der Waals surface area contributed by atoms with E-state index >= 15 is 0 Å². The standard InChI is InChI=1S/C32H47FN6O4S/c1-5-39(23(3)4)31(40)26-18-25(33)9-10-27(26)43-28-19-34-22-35-30(28)38-15-11-24(21-38)20-37-16-13-32(14-17-37)12-7-8-29(32)36-44(41,42)6-2/h9-10,18-19,22-24,29,36H,5-8,11-17,20-21H2,1-4H3/t24-,29-/m0/s1. The van der Waals surface area contributed by atoms with Crippen LogP contribution in [0.15, 0.2) is 30.7 Å². The molecule has 1 saturated carbocycles. The van der Waals surface area contributed by atoms with Crippen LogP contribution in [0, 0.1) is 17.2 Å². The van der Waals surface area contributed by atoms with E-state index in [-0.39, 0.29) is 40.5 Å². The summed E-state index contributed by atoms with van der Waals surface area (Å²) in [5.41, 5.74) is 0.252. The molecule has 12 heteroatoms. The lowest BCUT2D eigenvalue weighted by atomic mass is 9.74. The number of benzene rings is 1. The topological polar surface area (TPSA) is 108 Å². The van der Waals surface area contributed by atoms with Gasteiger partial charge in [0.05, 0.1) is 17.5 Å². The smallest absolute Gasteiger partial charge is 0.257 e. The highest BCUT2D eigenvalue weighted by molar-refractivity contribution is 7.89. The van der Waals surface area contributed by atoms with Crippen molar-refractivity contribution in [3.63, 3.8) is 0 Å². The number of piperidine rings is 1. The maximum absolute atomic E-state index is 14.3. The number of halogens is 1. The molecule has 2 atom stereocenters. The van der Waals surface area contributed by atoms with Gasteiger partial charge in [-0.1, -0.05) is 6.42 Å². The van der Waals surface area contributed by atoms with Crippen molar-refractivity contribution < 1.29 is 22.3 Å². The van der Waals surface area contributed by atoms with Gasteiger partial charge in [-0.3, -0.25) is 4.79 Å². The zero-order valence-corrected chi connectivity index (χ0v) is 27.3. The number of sulfonamides is 1. The fraction of sp³-hybridized carbons (Fsp3) is 0.656. The number of anilines is 1. The Morgan fingerprint density at radius 2 is 1.93 bits per heavy atom.